The van der Waals surface area contributed by atoms with E-state index < -0.39 is 0 Å². The second kappa shape index (κ2) is 10.8. The Morgan fingerprint density at radius 2 is 1.91 bits per heavy atom. The summed E-state index contributed by atoms with van der Waals surface area (Å²) in [6.07, 6.45) is 3.56. The van der Waals surface area contributed by atoms with Crippen LogP contribution in [-0.4, -0.2) is 34.8 Å². The van der Waals surface area contributed by atoms with Crippen LogP contribution < -0.4 is 11.1 Å². The zero-order chi connectivity index (χ0) is 24.1. The molecule has 1 unspecified atom stereocenters. The van der Waals surface area contributed by atoms with E-state index in [0.29, 0.717) is 17.1 Å². The standard InChI is InChI=1S/C27H30N4O2S/c1-18-7-12-23(15-19(18)2)34-27-24(6-3-13-29-27)26(33)30-22-10-8-20(9-11-22)16-31-14-4-5-21(17-31)25(28)32/h3,6-13,15,21H,4-5,14,16-17H2,1-2H3,(H2,28,32)(H,30,33). The van der Waals surface area contributed by atoms with Crippen LogP contribution in [0.15, 0.2) is 70.7 Å². The summed E-state index contributed by atoms with van der Waals surface area (Å²) in [5.41, 5.74) is 10.3. The van der Waals surface area contributed by atoms with Crippen molar-refractivity contribution in [2.75, 3.05) is 18.4 Å². The number of primary amides is 1. The Morgan fingerprint density at radius 1 is 1.12 bits per heavy atom. The van der Waals surface area contributed by atoms with Crippen molar-refractivity contribution in [3.05, 3.63) is 83.0 Å². The van der Waals surface area contributed by atoms with Gasteiger partial charge in [-0.2, -0.15) is 0 Å². The van der Waals surface area contributed by atoms with Gasteiger partial charge < -0.3 is 11.1 Å². The fourth-order valence-corrected chi connectivity index (χ4v) is 5.09. The topological polar surface area (TPSA) is 88.3 Å². The number of carbonyl (C=O) groups excluding carboxylic acids is 2. The van der Waals surface area contributed by atoms with Crippen molar-refractivity contribution in [2.45, 2.75) is 43.2 Å². The molecule has 1 aliphatic rings. The first kappa shape index (κ1) is 24.0. The maximum Gasteiger partial charge on any atom is 0.258 e. The number of rotatable bonds is 7. The highest BCUT2D eigenvalue weighted by atomic mass is 32.2. The maximum atomic E-state index is 13.0. The molecule has 1 atom stereocenters. The van der Waals surface area contributed by atoms with Crippen molar-refractivity contribution in [3.8, 4) is 0 Å². The lowest BCUT2D eigenvalue weighted by Crippen LogP contribution is -2.40. The normalized spacial score (nSPS) is 16.2. The molecule has 176 valence electrons. The zero-order valence-electron chi connectivity index (χ0n) is 19.6. The number of pyridine rings is 1. The number of hydrogen-bond acceptors (Lipinski definition) is 5. The molecule has 4 rings (SSSR count). The van der Waals surface area contributed by atoms with E-state index in [2.05, 4.69) is 47.2 Å². The fraction of sp³-hybridized carbons (Fsp3) is 0.296. The second-order valence-corrected chi connectivity index (χ2v) is 9.89. The Hall–Kier alpha value is -3.16. The molecule has 1 fully saturated rings. The molecule has 1 aliphatic heterocycles. The minimum atomic E-state index is -0.215. The number of carbonyl (C=O) groups is 2. The molecular weight excluding hydrogens is 444 g/mol. The molecule has 2 aromatic carbocycles. The molecule has 3 N–H and O–H groups in total. The van der Waals surface area contributed by atoms with Gasteiger partial charge in [0.05, 0.1) is 11.5 Å². The maximum absolute atomic E-state index is 13.0. The number of aryl methyl sites for hydroxylation is 2. The molecular formula is C27H30N4O2S. The van der Waals surface area contributed by atoms with Crippen LogP contribution in [0.4, 0.5) is 5.69 Å². The number of likely N-dealkylation sites (tertiary alicyclic amines) is 1. The highest BCUT2D eigenvalue weighted by Crippen LogP contribution is 2.30. The van der Waals surface area contributed by atoms with E-state index in [0.717, 1.165) is 42.1 Å². The summed E-state index contributed by atoms with van der Waals surface area (Å²) in [5.74, 6) is -0.469. The molecule has 0 radical (unpaired) electrons. The number of aromatic nitrogens is 1. The summed E-state index contributed by atoms with van der Waals surface area (Å²) < 4.78 is 0. The fourth-order valence-electron chi connectivity index (χ4n) is 4.12. The molecule has 0 saturated carbocycles. The summed E-state index contributed by atoms with van der Waals surface area (Å²) in [6, 6.07) is 17.7. The third-order valence-corrected chi connectivity index (χ3v) is 7.24. The monoisotopic (exact) mass is 474 g/mol. The zero-order valence-corrected chi connectivity index (χ0v) is 20.4. The number of benzene rings is 2. The largest absolute Gasteiger partial charge is 0.369 e. The first-order chi connectivity index (χ1) is 16.4. The molecule has 0 bridgehead atoms. The van der Waals surface area contributed by atoms with Crippen LogP contribution in [0.3, 0.4) is 0 Å². The number of anilines is 1. The van der Waals surface area contributed by atoms with Gasteiger partial charge in [0.2, 0.25) is 5.91 Å². The minimum Gasteiger partial charge on any atom is -0.369 e. The molecule has 7 heteroatoms. The number of nitrogens with two attached hydrogens (primary N) is 1. The molecule has 1 saturated heterocycles. The number of nitrogens with zero attached hydrogens (tertiary/aromatic N) is 2. The molecule has 0 spiro atoms. The first-order valence-corrected chi connectivity index (χ1v) is 12.3. The van der Waals surface area contributed by atoms with E-state index >= 15 is 0 Å². The molecule has 2 heterocycles. The quantitative estimate of drug-likeness (QED) is 0.514. The van der Waals surface area contributed by atoms with Crippen LogP contribution in [0.25, 0.3) is 0 Å². The predicted molar refractivity (Wildman–Crippen MR) is 136 cm³/mol. The molecule has 1 aromatic heterocycles. The molecule has 3 aromatic rings. The van der Waals surface area contributed by atoms with Gasteiger partial charge >= 0.3 is 0 Å². The summed E-state index contributed by atoms with van der Waals surface area (Å²) in [7, 11) is 0. The third kappa shape index (κ3) is 6.04. The first-order valence-electron chi connectivity index (χ1n) is 11.5. The third-order valence-electron chi connectivity index (χ3n) is 6.23. The van der Waals surface area contributed by atoms with Gasteiger partial charge in [0.25, 0.3) is 5.91 Å². The summed E-state index contributed by atoms with van der Waals surface area (Å²) in [4.78, 5) is 32.3. The van der Waals surface area contributed by atoms with Gasteiger partial charge in [0.15, 0.2) is 0 Å². The Balaban J connectivity index is 1.40. The number of hydrogen-bond donors (Lipinski definition) is 2. The van der Waals surface area contributed by atoms with Crippen LogP contribution in [0, 0.1) is 19.8 Å². The van der Waals surface area contributed by atoms with Crippen LogP contribution in [0.5, 0.6) is 0 Å². The molecule has 2 amide bonds. The molecule has 34 heavy (non-hydrogen) atoms. The van der Waals surface area contributed by atoms with Crippen molar-refractivity contribution >= 4 is 29.3 Å². The van der Waals surface area contributed by atoms with Crippen molar-refractivity contribution in [1.82, 2.24) is 9.88 Å². The van der Waals surface area contributed by atoms with E-state index in [1.54, 1.807) is 18.3 Å². The van der Waals surface area contributed by atoms with Crippen LogP contribution >= 0.6 is 11.8 Å². The minimum absolute atomic E-state index is 0.0670. The molecule has 6 nitrogen and oxygen atoms in total. The highest BCUT2D eigenvalue weighted by Gasteiger charge is 2.23. The molecule has 0 aliphatic carbocycles. The van der Waals surface area contributed by atoms with Crippen molar-refractivity contribution in [3.63, 3.8) is 0 Å². The predicted octanol–water partition coefficient (Wildman–Crippen LogP) is 4.80. The lowest BCUT2D eigenvalue weighted by Gasteiger charge is -2.31. The second-order valence-electron chi connectivity index (χ2n) is 8.83. The van der Waals surface area contributed by atoms with Gasteiger partial charge in [0.1, 0.15) is 5.03 Å². The van der Waals surface area contributed by atoms with E-state index in [4.69, 9.17) is 5.73 Å². The summed E-state index contributed by atoms with van der Waals surface area (Å²) >= 11 is 1.49. The van der Waals surface area contributed by atoms with Crippen molar-refractivity contribution in [1.29, 1.82) is 0 Å². The van der Waals surface area contributed by atoms with Gasteiger partial charge in [-0.1, -0.05) is 30.0 Å². The van der Waals surface area contributed by atoms with E-state index in [1.165, 1.54) is 22.9 Å². The van der Waals surface area contributed by atoms with Gasteiger partial charge in [-0.3, -0.25) is 14.5 Å². The summed E-state index contributed by atoms with van der Waals surface area (Å²) in [6.45, 7) is 6.59. The van der Waals surface area contributed by atoms with Gasteiger partial charge in [-0.15, -0.1) is 0 Å². The average Bonchev–Trinajstić information content (AvgIpc) is 2.83. The van der Waals surface area contributed by atoms with Crippen LogP contribution in [0.1, 0.15) is 39.9 Å². The summed E-state index contributed by atoms with van der Waals surface area (Å²) in [5, 5.41) is 3.67. The van der Waals surface area contributed by atoms with Crippen molar-refractivity contribution in [2.24, 2.45) is 11.7 Å². The lowest BCUT2D eigenvalue weighted by molar-refractivity contribution is -0.123. The van der Waals surface area contributed by atoms with Crippen LogP contribution in [0.2, 0.25) is 0 Å². The van der Waals surface area contributed by atoms with Gasteiger partial charge in [-0.05, 0) is 86.3 Å². The Bertz CT molecular complexity index is 1180. The number of piperidine rings is 1. The Labute approximate surface area is 205 Å². The van der Waals surface area contributed by atoms with Crippen LogP contribution in [-0.2, 0) is 11.3 Å². The number of amides is 2. The lowest BCUT2D eigenvalue weighted by atomic mass is 9.97. The average molecular weight is 475 g/mol. The van der Waals surface area contributed by atoms with Crippen molar-refractivity contribution < 1.29 is 9.59 Å². The SMILES string of the molecule is Cc1ccc(Sc2ncccc2C(=O)Nc2ccc(CN3CCCC(C(N)=O)C3)cc2)cc1C. The highest BCUT2D eigenvalue weighted by molar-refractivity contribution is 7.99. The Kier molecular flexibility index (Phi) is 7.65. The van der Waals surface area contributed by atoms with Gasteiger partial charge in [-0.25, -0.2) is 4.98 Å². The van der Waals surface area contributed by atoms with E-state index in [1.807, 2.05) is 24.3 Å². The van der Waals surface area contributed by atoms with E-state index in [-0.39, 0.29) is 17.7 Å². The smallest absolute Gasteiger partial charge is 0.258 e. The van der Waals surface area contributed by atoms with E-state index in [9.17, 15) is 9.59 Å². The number of nitrogens with one attached hydrogen (secondary N) is 1. The van der Waals surface area contributed by atoms with Gasteiger partial charge in [0, 0.05) is 29.9 Å². The Morgan fingerprint density at radius 3 is 2.65 bits per heavy atom.